The van der Waals surface area contributed by atoms with Crippen molar-refractivity contribution in [3.05, 3.63) is 59.4 Å². The van der Waals surface area contributed by atoms with Crippen LogP contribution in [-0.4, -0.2) is 11.0 Å². The second-order valence-electron chi connectivity index (χ2n) is 4.53. The molecule has 0 atom stereocenters. The molecular formula is C15H11F3N4O. The molecule has 5 nitrogen and oxygen atoms in total. The molecule has 0 fully saturated rings. The Morgan fingerprint density at radius 1 is 1.22 bits per heavy atom. The van der Waals surface area contributed by atoms with Crippen molar-refractivity contribution in [2.24, 2.45) is 0 Å². The summed E-state index contributed by atoms with van der Waals surface area (Å²) in [4.78, 5) is 15.5. The average Bonchev–Trinajstić information content (AvgIpc) is 2.53. The first-order valence-electron chi connectivity index (χ1n) is 6.45. The Kier molecular flexibility index (Phi) is 4.81. The maximum atomic E-state index is 12.8. The summed E-state index contributed by atoms with van der Waals surface area (Å²) in [7, 11) is 0. The monoisotopic (exact) mass is 320 g/mol. The fraction of sp³-hybridized carbons (Fsp3) is 0.133. The van der Waals surface area contributed by atoms with E-state index in [2.05, 4.69) is 15.6 Å². The summed E-state index contributed by atoms with van der Waals surface area (Å²) >= 11 is 0. The highest BCUT2D eigenvalue weighted by molar-refractivity contribution is 5.89. The van der Waals surface area contributed by atoms with Crippen LogP contribution in [0.3, 0.4) is 0 Å². The molecule has 0 saturated heterocycles. The van der Waals surface area contributed by atoms with Crippen LogP contribution in [-0.2, 0) is 12.7 Å². The Balaban J connectivity index is 2.05. The van der Waals surface area contributed by atoms with Gasteiger partial charge < -0.3 is 10.6 Å². The molecule has 23 heavy (non-hydrogen) atoms. The van der Waals surface area contributed by atoms with Crippen LogP contribution in [0.15, 0.2) is 42.7 Å². The molecule has 2 N–H and O–H groups in total. The summed E-state index contributed by atoms with van der Waals surface area (Å²) in [5, 5.41) is 13.5. The zero-order chi connectivity index (χ0) is 16.9. The highest BCUT2D eigenvalue weighted by Gasteiger charge is 2.33. The Hall–Kier alpha value is -3.08. The lowest BCUT2D eigenvalue weighted by atomic mass is 10.1. The highest BCUT2D eigenvalue weighted by atomic mass is 19.4. The number of carbonyl (C=O) groups excluding carboxylic acids is 1. The van der Waals surface area contributed by atoms with Gasteiger partial charge in [-0.25, -0.2) is 4.79 Å². The first-order valence-corrected chi connectivity index (χ1v) is 6.45. The van der Waals surface area contributed by atoms with E-state index >= 15 is 0 Å². The normalized spacial score (nSPS) is 10.7. The second-order valence-corrected chi connectivity index (χ2v) is 4.53. The van der Waals surface area contributed by atoms with E-state index in [9.17, 15) is 18.0 Å². The number of urea groups is 1. The van der Waals surface area contributed by atoms with Crippen LogP contribution >= 0.6 is 0 Å². The van der Waals surface area contributed by atoms with Crippen molar-refractivity contribution in [2.75, 3.05) is 5.32 Å². The number of rotatable bonds is 3. The van der Waals surface area contributed by atoms with Gasteiger partial charge in [0.2, 0.25) is 0 Å². The standard InChI is InChI=1S/C15H11F3N4O/c16-15(17,18)13-7-12(2-1-11(13)8-19)22-14(23)21-9-10-3-5-20-6-4-10/h1-7H,9H2,(H2,21,22,23). The molecule has 1 heterocycles. The predicted molar refractivity (Wildman–Crippen MR) is 76.3 cm³/mol. The zero-order valence-corrected chi connectivity index (χ0v) is 11.7. The summed E-state index contributed by atoms with van der Waals surface area (Å²) in [6, 6.07) is 7.20. The van der Waals surface area contributed by atoms with Gasteiger partial charge in [-0.3, -0.25) is 4.98 Å². The molecule has 1 aromatic heterocycles. The number of aromatic nitrogens is 1. The number of nitrogens with one attached hydrogen (secondary N) is 2. The van der Waals surface area contributed by atoms with Crippen molar-refractivity contribution in [1.29, 1.82) is 5.26 Å². The molecular weight excluding hydrogens is 309 g/mol. The summed E-state index contributed by atoms with van der Waals surface area (Å²) in [5.74, 6) is 0. The Morgan fingerprint density at radius 3 is 2.52 bits per heavy atom. The lowest BCUT2D eigenvalue weighted by molar-refractivity contribution is -0.137. The van der Waals surface area contributed by atoms with Gasteiger partial charge in [0.15, 0.2) is 0 Å². The van der Waals surface area contributed by atoms with Crippen LogP contribution in [0.25, 0.3) is 0 Å². The summed E-state index contributed by atoms with van der Waals surface area (Å²) in [6.45, 7) is 0.205. The molecule has 0 radical (unpaired) electrons. The lowest BCUT2D eigenvalue weighted by Gasteiger charge is -2.12. The van der Waals surface area contributed by atoms with Gasteiger partial charge in [-0.2, -0.15) is 18.4 Å². The van der Waals surface area contributed by atoms with Gasteiger partial charge in [-0.1, -0.05) is 0 Å². The van der Waals surface area contributed by atoms with E-state index in [-0.39, 0.29) is 12.2 Å². The molecule has 0 aliphatic heterocycles. The zero-order valence-electron chi connectivity index (χ0n) is 11.7. The topological polar surface area (TPSA) is 77.8 Å². The van der Waals surface area contributed by atoms with E-state index < -0.39 is 23.3 Å². The molecule has 0 aliphatic rings. The molecule has 0 spiro atoms. The van der Waals surface area contributed by atoms with E-state index in [1.165, 1.54) is 12.1 Å². The molecule has 2 aromatic rings. The van der Waals surface area contributed by atoms with Crippen LogP contribution in [0, 0.1) is 11.3 Å². The molecule has 0 aliphatic carbocycles. The van der Waals surface area contributed by atoms with Gasteiger partial charge in [-0.15, -0.1) is 0 Å². The van der Waals surface area contributed by atoms with E-state index in [0.717, 1.165) is 17.7 Å². The third kappa shape index (κ3) is 4.44. The smallest absolute Gasteiger partial charge is 0.334 e. The molecule has 0 saturated carbocycles. The molecule has 2 rings (SSSR count). The number of hydrogen-bond acceptors (Lipinski definition) is 3. The van der Waals surface area contributed by atoms with E-state index in [0.29, 0.717) is 0 Å². The fourth-order valence-corrected chi connectivity index (χ4v) is 1.81. The molecule has 118 valence electrons. The number of amides is 2. The van der Waals surface area contributed by atoms with Crippen molar-refractivity contribution in [3.8, 4) is 6.07 Å². The van der Waals surface area contributed by atoms with Crippen LogP contribution in [0.1, 0.15) is 16.7 Å². The minimum atomic E-state index is -4.67. The van der Waals surface area contributed by atoms with Gasteiger partial charge in [0, 0.05) is 24.6 Å². The second kappa shape index (κ2) is 6.79. The number of nitrogens with zero attached hydrogens (tertiary/aromatic N) is 2. The first-order chi connectivity index (χ1) is 10.9. The van der Waals surface area contributed by atoms with E-state index in [1.807, 2.05) is 0 Å². The van der Waals surface area contributed by atoms with Crippen LogP contribution < -0.4 is 10.6 Å². The number of hydrogen-bond donors (Lipinski definition) is 2. The Morgan fingerprint density at radius 2 is 1.91 bits per heavy atom. The molecule has 1 aromatic carbocycles. The van der Waals surface area contributed by atoms with E-state index in [1.54, 1.807) is 24.5 Å². The minimum Gasteiger partial charge on any atom is -0.334 e. The average molecular weight is 320 g/mol. The maximum Gasteiger partial charge on any atom is 0.417 e. The molecule has 0 unspecified atom stereocenters. The minimum absolute atomic E-state index is 0.0523. The van der Waals surface area contributed by atoms with Gasteiger partial charge >= 0.3 is 12.2 Å². The lowest BCUT2D eigenvalue weighted by Crippen LogP contribution is -2.28. The van der Waals surface area contributed by atoms with Crippen molar-refractivity contribution in [1.82, 2.24) is 10.3 Å². The SMILES string of the molecule is N#Cc1ccc(NC(=O)NCc2ccncc2)cc1C(F)(F)F. The van der Waals surface area contributed by atoms with Crippen LogP contribution in [0.5, 0.6) is 0 Å². The first kappa shape index (κ1) is 16.3. The van der Waals surface area contributed by atoms with Crippen molar-refractivity contribution >= 4 is 11.7 Å². The van der Waals surface area contributed by atoms with Crippen LogP contribution in [0.4, 0.5) is 23.7 Å². The number of benzene rings is 1. The quantitative estimate of drug-likeness (QED) is 0.911. The predicted octanol–water partition coefficient (Wildman–Crippen LogP) is 3.29. The van der Waals surface area contributed by atoms with Gasteiger partial charge in [0.1, 0.15) is 0 Å². The number of carbonyl (C=O) groups is 1. The number of nitriles is 1. The third-order valence-electron chi connectivity index (χ3n) is 2.91. The molecule has 0 bridgehead atoms. The van der Waals surface area contributed by atoms with E-state index in [4.69, 9.17) is 5.26 Å². The van der Waals surface area contributed by atoms with Crippen molar-refractivity contribution < 1.29 is 18.0 Å². The highest BCUT2D eigenvalue weighted by Crippen LogP contribution is 2.33. The summed E-state index contributed by atoms with van der Waals surface area (Å²) < 4.78 is 38.5. The largest absolute Gasteiger partial charge is 0.417 e. The van der Waals surface area contributed by atoms with Crippen molar-refractivity contribution in [2.45, 2.75) is 12.7 Å². The maximum absolute atomic E-state index is 12.8. The van der Waals surface area contributed by atoms with Gasteiger partial charge in [0.25, 0.3) is 0 Å². The van der Waals surface area contributed by atoms with Gasteiger partial charge in [0.05, 0.1) is 17.2 Å². The number of anilines is 1. The molecule has 8 heteroatoms. The van der Waals surface area contributed by atoms with Gasteiger partial charge in [-0.05, 0) is 35.9 Å². The third-order valence-corrected chi connectivity index (χ3v) is 2.91. The number of alkyl halides is 3. The Bertz CT molecular complexity index is 739. The summed E-state index contributed by atoms with van der Waals surface area (Å²) in [5.41, 5.74) is -0.846. The number of halogens is 3. The fourth-order valence-electron chi connectivity index (χ4n) is 1.81. The number of pyridine rings is 1. The summed E-state index contributed by atoms with van der Waals surface area (Å²) in [6.07, 6.45) is -1.55. The Labute approximate surface area is 129 Å². The molecule has 2 amide bonds. The van der Waals surface area contributed by atoms with Crippen molar-refractivity contribution in [3.63, 3.8) is 0 Å². The van der Waals surface area contributed by atoms with Crippen LogP contribution in [0.2, 0.25) is 0 Å².